The number of nitrogens with one attached hydrogen (secondary N) is 1. The zero-order chi connectivity index (χ0) is 12.3. The molecule has 0 bridgehead atoms. The molecule has 6 heteroatoms. The molecule has 88 valence electrons. The fraction of sp³-hybridized carbons (Fsp3) is 0.300. The molecule has 3 nitrogen and oxygen atoms in total. The van der Waals surface area contributed by atoms with Gasteiger partial charge in [-0.25, -0.2) is 8.78 Å². The number of aliphatic hydroxyl groups excluding tert-OH is 1. The minimum Gasteiger partial charge on any atom is -0.394 e. The van der Waals surface area contributed by atoms with Crippen LogP contribution in [0.3, 0.4) is 0 Å². The lowest BCUT2D eigenvalue weighted by molar-refractivity contribution is 0.0922. The van der Waals surface area contributed by atoms with Crippen LogP contribution in [0.15, 0.2) is 12.1 Å². The fourth-order valence-electron chi connectivity index (χ4n) is 1.04. The molecule has 1 aromatic rings. The number of amides is 1. The average Bonchev–Trinajstić information content (AvgIpc) is 2.23. The maximum atomic E-state index is 12.9. The van der Waals surface area contributed by atoms with Crippen LogP contribution in [0.2, 0.25) is 5.02 Å². The summed E-state index contributed by atoms with van der Waals surface area (Å²) in [6.45, 7) is 1.30. The Hall–Kier alpha value is -1.20. The van der Waals surface area contributed by atoms with Gasteiger partial charge in [-0.3, -0.25) is 4.79 Å². The Balaban J connectivity index is 2.96. The van der Waals surface area contributed by atoms with Gasteiger partial charge in [0.1, 0.15) is 0 Å². The van der Waals surface area contributed by atoms with Crippen molar-refractivity contribution < 1.29 is 18.7 Å². The third kappa shape index (κ3) is 2.90. The Bertz CT molecular complexity index is 412. The molecule has 1 rings (SSSR count). The maximum Gasteiger partial charge on any atom is 0.253 e. The molecule has 0 aliphatic heterocycles. The van der Waals surface area contributed by atoms with Crippen molar-refractivity contribution in [3.8, 4) is 0 Å². The van der Waals surface area contributed by atoms with E-state index in [9.17, 15) is 13.6 Å². The first kappa shape index (κ1) is 12.9. The number of halogens is 3. The molecule has 2 N–H and O–H groups in total. The standard InChI is InChI=1S/C10H10ClF2NO2/c1-5(4-15)14-10(16)6-2-8(12)9(13)3-7(6)11/h2-3,5,15H,4H2,1H3,(H,14,16). The van der Waals surface area contributed by atoms with E-state index in [0.717, 1.165) is 12.1 Å². The van der Waals surface area contributed by atoms with Crippen molar-refractivity contribution in [2.24, 2.45) is 0 Å². The van der Waals surface area contributed by atoms with Gasteiger partial charge in [-0.05, 0) is 19.1 Å². The first-order valence-corrected chi connectivity index (χ1v) is 4.89. The molecule has 1 unspecified atom stereocenters. The van der Waals surface area contributed by atoms with Crippen LogP contribution in [0.5, 0.6) is 0 Å². The van der Waals surface area contributed by atoms with Crippen molar-refractivity contribution in [2.45, 2.75) is 13.0 Å². The van der Waals surface area contributed by atoms with E-state index < -0.39 is 23.6 Å². The smallest absolute Gasteiger partial charge is 0.253 e. The number of carbonyl (C=O) groups excluding carboxylic acids is 1. The molecule has 0 aliphatic rings. The summed E-state index contributed by atoms with van der Waals surface area (Å²) < 4.78 is 25.6. The van der Waals surface area contributed by atoms with Gasteiger partial charge in [0.15, 0.2) is 11.6 Å². The van der Waals surface area contributed by atoms with Crippen molar-refractivity contribution in [3.05, 3.63) is 34.4 Å². The molecular formula is C10H10ClF2NO2. The number of carbonyl (C=O) groups is 1. The lowest BCUT2D eigenvalue weighted by Gasteiger charge is -2.11. The molecule has 0 aromatic heterocycles. The van der Waals surface area contributed by atoms with Crippen LogP contribution in [0.1, 0.15) is 17.3 Å². The normalized spacial score (nSPS) is 12.3. The molecule has 0 aliphatic carbocycles. The number of aliphatic hydroxyl groups is 1. The van der Waals surface area contributed by atoms with Crippen molar-refractivity contribution >= 4 is 17.5 Å². The van der Waals surface area contributed by atoms with Crippen LogP contribution < -0.4 is 5.32 Å². The van der Waals surface area contributed by atoms with Crippen LogP contribution in [0.25, 0.3) is 0 Å². The van der Waals surface area contributed by atoms with Crippen LogP contribution in [-0.2, 0) is 0 Å². The molecule has 1 amide bonds. The molecular weight excluding hydrogens is 240 g/mol. The van der Waals surface area contributed by atoms with Crippen LogP contribution in [-0.4, -0.2) is 23.7 Å². The van der Waals surface area contributed by atoms with Gasteiger partial charge < -0.3 is 10.4 Å². The highest BCUT2D eigenvalue weighted by Crippen LogP contribution is 2.19. The van der Waals surface area contributed by atoms with E-state index in [4.69, 9.17) is 16.7 Å². The van der Waals surface area contributed by atoms with Gasteiger partial charge in [0.25, 0.3) is 5.91 Å². The summed E-state index contributed by atoms with van der Waals surface area (Å²) in [6.07, 6.45) is 0. The van der Waals surface area contributed by atoms with E-state index in [1.807, 2.05) is 0 Å². The van der Waals surface area contributed by atoms with Crippen LogP contribution in [0.4, 0.5) is 8.78 Å². The zero-order valence-corrected chi connectivity index (χ0v) is 9.18. The predicted octanol–water partition coefficient (Wildman–Crippen LogP) is 1.73. The van der Waals surface area contributed by atoms with Gasteiger partial charge in [0, 0.05) is 6.04 Å². The second-order valence-corrected chi connectivity index (χ2v) is 3.71. The summed E-state index contributed by atoms with van der Waals surface area (Å²) in [5.74, 6) is -2.92. The molecule has 1 atom stereocenters. The Morgan fingerprint density at radius 2 is 2.06 bits per heavy atom. The van der Waals surface area contributed by atoms with Gasteiger partial charge in [0.05, 0.1) is 17.2 Å². The second kappa shape index (κ2) is 5.23. The summed E-state index contributed by atoms with van der Waals surface area (Å²) in [6, 6.07) is 0.962. The summed E-state index contributed by atoms with van der Waals surface area (Å²) in [4.78, 5) is 11.5. The summed E-state index contributed by atoms with van der Waals surface area (Å²) in [7, 11) is 0. The summed E-state index contributed by atoms with van der Waals surface area (Å²) in [5.41, 5.74) is -0.166. The molecule has 0 radical (unpaired) electrons. The van der Waals surface area contributed by atoms with Crippen LogP contribution >= 0.6 is 11.6 Å². The highest BCUT2D eigenvalue weighted by Gasteiger charge is 2.16. The highest BCUT2D eigenvalue weighted by molar-refractivity contribution is 6.33. The maximum absolute atomic E-state index is 12.9. The Morgan fingerprint density at radius 1 is 1.50 bits per heavy atom. The van der Waals surface area contributed by atoms with Gasteiger partial charge in [-0.15, -0.1) is 0 Å². The van der Waals surface area contributed by atoms with Gasteiger partial charge >= 0.3 is 0 Å². The molecule has 0 fully saturated rings. The lowest BCUT2D eigenvalue weighted by atomic mass is 10.2. The van der Waals surface area contributed by atoms with E-state index in [1.54, 1.807) is 6.92 Å². The SMILES string of the molecule is CC(CO)NC(=O)c1cc(F)c(F)cc1Cl. The third-order valence-corrected chi connectivity index (χ3v) is 2.22. The zero-order valence-electron chi connectivity index (χ0n) is 8.43. The van der Waals surface area contributed by atoms with Crippen LogP contribution in [0, 0.1) is 11.6 Å². The molecule has 0 saturated carbocycles. The van der Waals surface area contributed by atoms with E-state index in [2.05, 4.69) is 5.32 Å². The van der Waals surface area contributed by atoms with Crippen molar-refractivity contribution in [3.63, 3.8) is 0 Å². The van der Waals surface area contributed by atoms with Crippen molar-refractivity contribution in [2.75, 3.05) is 6.61 Å². The second-order valence-electron chi connectivity index (χ2n) is 3.30. The molecule has 0 spiro atoms. The van der Waals surface area contributed by atoms with E-state index in [-0.39, 0.29) is 17.2 Å². The topological polar surface area (TPSA) is 49.3 Å². The largest absolute Gasteiger partial charge is 0.394 e. The average molecular weight is 250 g/mol. The summed E-state index contributed by atoms with van der Waals surface area (Å²) in [5, 5.41) is 10.9. The summed E-state index contributed by atoms with van der Waals surface area (Å²) >= 11 is 5.59. The van der Waals surface area contributed by atoms with E-state index in [1.165, 1.54) is 0 Å². The molecule has 1 aromatic carbocycles. The minimum atomic E-state index is -1.15. The number of rotatable bonds is 3. The minimum absolute atomic E-state index is 0.166. The third-order valence-electron chi connectivity index (χ3n) is 1.91. The fourth-order valence-corrected chi connectivity index (χ4v) is 1.28. The first-order valence-electron chi connectivity index (χ1n) is 4.52. The van der Waals surface area contributed by atoms with Gasteiger partial charge in [-0.1, -0.05) is 11.6 Å². The van der Waals surface area contributed by atoms with E-state index >= 15 is 0 Å². The Kier molecular flexibility index (Phi) is 4.20. The predicted molar refractivity (Wildman–Crippen MR) is 55.4 cm³/mol. The van der Waals surface area contributed by atoms with Crippen molar-refractivity contribution in [1.82, 2.24) is 5.32 Å². The van der Waals surface area contributed by atoms with E-state index in [0.29, 0.717) is 0 Å². The molecule has 16 heavy (non-hydrogen) atoms. The van der Waals surface area contributed by atoms with Gasteiger partial charge in [-0.2, -0.15) is 0 Å². The van der Waals surface area contributed by atoms with Gasteiger partial charge in [0.2, 0.25) is 0 Å². The first-order chi connectivity index (χ1) is 7.45. The number of hydrogen-bond donors (Lipinski definition) is 2. The lowest BCUT2D eigenvalue weighted by Crippen LogP contribution is -2.35. The Morgan fingerprint density at radius 3 is 2.62 bits per heavy atom. The number of hydrogen-bond acceptors (Lipinski definition) is 2. The quantitative estimate of drug-likeness (QED) is 0.802. The Labute approximate surface area is 96.0 Å². The van der Waals surface area contributed by atoms with Crippen molar-refractivity contribution in [1.29, 1.82) is 0 Å². The molecule has 0 saturated heterocycles. The number of benzene rings is 1. The molecule has 0 heterocycles. The highest BCUT2D eigenvalue weighted by atomic mass is 35.5. The monoisotopic (exact) mass is 249 g/mol.